The molecular formula is C24H26F3N3O4. The van der Waals surface area contributed by atoms with Crippen molar-refractivity contribution in [2.24, 2.45) is 0 Å². The fraction of sp³-hybridized carbons (Fsp3) is 0.417. The van der Waals surface area contributed by atoms with E-state index in [-0.39, 0.29) is 30.0 Å². The van der Waals surface area contributed by atoms with Crippen molar-refractivity contribution in [1.29, 1.82) is 0 Å². The molecule has 3 atom stereocenters. The average molecular weight is 477 g/mol. The molecular weight excluding hydrogens is 451 g/mol. The number of amides is 3. The first kappa shape index (κ1) is 23.9. The number of fused-ring (bicyclic) bond motifs is 2. The largest absolute Gasteiger partial charge is 0.444 e. The molecule has 10 heteroatoms. The minimum atomic E-state index is -4.44. The van der Waals surface area contributed by atoms with Crippen LogP contribution in [0.25, 0.3) is 0 Å². The maximum atomic E-state index is 12.7. The van der Waals surface area contributed by atoms with Gasteiger partial charge >= 0.3 is 18.3 Å². The monoisotopic (exact) mass is 477 g/mol. The van der Waals surface area contributed by atoms with Crippen LogP contribution in [0.1, 0.15) is 44.4 Å². The highest BCUT2D eigenvalue weighted by Crippen LogP contribution is 2.43. The zero-order chi connectivity index (χ0) is 24.7. The van der Waals surface area contributed by atoms with Gasteiger partial charge in [0.1, 0.15) is 11.7 Å². The Labute approximate surface area is 195 Å². The standard InChI is InChI=1S/C24H26F3N3O4/c1-23(2,3)34-22(32)30-13-18-12-19(30)20(33-18)14-5-4-6-17(11-14)29-21(31)28-16-9-7-15(8-10-16)24(25,26)27/h4-11,18-20H,12-13H2,1-3H3,(H2,28,29,31)/t18-,19-,20+/m1/s1. The zero-order valence-electron chi connectivity index (χ0n) is 19.0. The molecule has 0 aliphatic carbocycles. The van der Waals surface area contributed by atoms with E-state index in [0.29, 0.717) is 18.7 Å². The summed E-state index contributed by atoms with van der Waals surface area (Å²) >= 11 is 0. The summed E-state index contributed by atoms with van der Waals surface area (Å²) in [6.45, 7) is 5.93. The number of benzene rings is 2. The molecule has 2 heterocycles. The number of nitrogens with zero attached hydrogens (tertiary/aromatic N) is 1. The number of rotatable bonds is 3. The Bertz CT molecular complexity index is 1070. The quantitative estimate of drug-likeness (QED) is 0.586. The van der Waals surface area contributed by atoms with Crippen molar-refractivity contribution in [3.63, 3.8) is 0 Å². The summed E-state index contributed by atoms with van der Waals surface area (Å²) in [6, 6.07) is 10.5. The van der Waals surface area contributed by atoms with Gasteiger partial charge in [-0.25, -0.2) is 9.59 Å². The Balaban J connectivity index is 1.40. The van der Waals surface area contributed by atoms with Crippen molar-refractivity contribution in [2.75, 3.05) is 17.2 Å². The minimum absolute atomic E-state index is 0.0814. The molecule has 2 saturated heterocycles. The molecule has 2 fully saturated rings. The number of hydrogen-bond donors (Lipinski definition) is 2. The average Bonchev–Trinajstić information content (AvgIpc) is 3.34. The van der Waals surface area contributed by atoms with Gasteiger partial charge in [-0.15, -0.1) is 0 Å². The molecule has 2 aliphatic rings. The molecule has 4 rings (SSSR count). The second-order valence-corrected chi connectivity index (χ2v) is 9.39. The van der Waals surface area contributed by atoms with E-state index >= 15 is 0 Å². The molecule has 2 aromatic carbocycles. The summed E-state index contributed by atoms with van der Waals surface area (Å²) in [5, 5.41) is 5.19. The second kappa shape index (κ2) is 8.83. The number of nitrogens with one attached hydrogen (secondary N) is 2. The van der Waals surface area contributed by atoms with Crippen LogP contribution in [-0.4, -0.2) is 41.3 Å². The Kier molecular flexibility index (Phi) is 6.20. The van der Waals surface area contributed by atoms with Crippen LogP contribution in [0, 0.1) is 0 Å². The van der Waals surface area contributed by atoms with Gasteiger partial charge in [-0.2, -0.15) is 13.2 Å². The lowest BCUT2D eigenvalue weighted by molar-refractivity contribution is -0.137. The van der Waals surface area contributed by atoms with Gasteiger partial charge in [-0.05, 0) is 69.2 Å². The van der Waals surface area contributed by atoms with Crippen LogP contribution in [0.2, 0.25) is 0 Å². The van der Waals surface area contributed by atoms with Crippen molar-refractivity contribution >= 4 is 23.5 Å². The molecule has 34 heavy (non-hydrogen) atoms. The number of hydrogen-bond acceptors (Lipinski definition) is 4. The maximum absolute atomic E-state index is 12.7. The Morgan fingerprint density at radius 1 is 1.03 bits per heavy atom. The predicted molar refractivity (Wildman–Crippen MR) is 119 cm³/mol. The third-order valence-corrected chi connectivity index (χ3v) is 5.56. The van der Waals surface area contributed by atoms with Gasteiger partial charge < -0.3 is 20.1 Å². The number of ether oxygens (including phenoxy) is 2. The molecule has 2 aliphatic heterocycles. The van der Waals surface area contributed by atoms with E-state index < -0.39 is 23.4 Å². The summed E-state index contributed by atoms with van der Waals surface area (Å²) in [5.74, 6) is 0. The molecule has 2 aromatic rings. The molecule has 2 N–H and O–H groups in total. The van der Waals surface area contributed by atoms with E-state index in [1.165, 1.54) is 12.1 Å². The first-order chi connectivity index (χ1) is 15.9. The van der Waals surface area contributed by atoms with Gasteiger partial charge in [0.05, 0.1) is 24.3 Å². The van der Waals surface area contributed by atoms with Crippen LogP contribution in [-0.2, 0) is 15.7 Å². The normalized spacial score (nSPS) is 21.9. The Morgan fingerprint density at radius 2 is 1.71 bits per heavy atom. The Morgan fingerprint density at radius 3 is 2.32 bits per heavy atom. The van der Waals surface area contributed by atoms with Crippen LogP contribution >= 0.6 is 0 Å². The summed E-state index contributed by atoms with van der Waals surface area (Å²) in [4.78, 5) is 26.7. The van der Waals surface area contributed by atoms with Gasteiger partial charge in [0.15, 0.2) is 0 Å². The van der Waals surface area contributed by atoms with Crippen LogP contribution in [0.5, 0.6) is 0 Å². The number of halogens is 3. The highest BCUT2D eigenvalue weighted by Gasteiger charge is 2.49. The molecule has 0 saturated carbocycles. The highest BCUT2D eigenvalue weighted by atomic mass is 19.4. The zero-order valence-corrected chi connectivity index (χ0v) is 19.0. The lowest BCUT2D eigenvalue weighted by atomic mass is 10.0. The van der Waals surface area contributed by atoms with Gasteiger partial charge in [-0.1, -0.05) is 12.1 Å². The van der Waals surface area contributed by atoms with Gasteiger partial charge in [-0.3, -0.25) is 4.90 Å². The van der Waals surface area contributed by atoms with Crippen molar-refractivity contribution < 1.29 is 32.2 Å². The van der Waals surface area contributed by atoms with E-state index in [1.54, 1.807) is 23.1 Å². The highest BCUT2D eigenvalue weighted by molar-refractivity contribution is 5.99. The first-order valence-corrected chi connectivity index (χ1v) is 10.9. The van der Waals surface area contributed by atoms with Crippen molar-refractivity contribution in [2.45, 2.75) is 57.2 Å². The van der Waals surface area contributed by atoms with Crippen molar-refractivity contribution in [3.8, 4) is 0 Å². The van der Waals surface area contributed by atoms with E-state index in [1.807, 2.05) is 26.8 Å². The van der Waals surface area contributed by atoms with Crippen molar-refractivity contribution in [1.82, 2.24) is 4.90 Å². The number of carbonyl (C=O) groups is 2. The molecule has 0 unspecified atom stereocenters. The third-order valence-electron chi connectivity index (χ3n) is 5.56. The van der Waals surface area contributed by atoms with Crippen LogP contribution in [0.4, 0.5) is 34.1 Å². The maximum Gasteiger partial charge on any atom is 0.416 e. The smallest absolute Gasteiger partial charge is 0.416 e. The topological polar surface area (TPSA) is 79.9 Å². The SMILES string of the molecule is CC(C)(C)OC(=O)N1C[C@H]2C[C@@H]1[C@H](c1cccc(NC(=O)Nc3ccc(C(F)(F)F)cc3)c1)O2. The molecule has 2 bridgehead atoms. The fourth-order valence-corrected chi connectivity index (χ4v) is 4.17. The number of morpholine rings is 1. The minimum Gasteiger partial charge on any atom is -0.444 e. The number of anilines is 2. The van der Waals surface area contributed by atoms with Crippen LogP contribution < -0.4 is 10.6 Å². The number of carbonyl (C=O) groups excluding carboxylic acids is 2. The molecule has 182 valence electrons. The summed E-state index contributed by atoms with van der Waals surface area (Å²) in [5.41, 5.74) is 0.119. The fourth-order valence-electron chi connectivity index (χ4n) is 4.17. The number of alkyl halides is 3. The molecule has 0 aromatic heterocycles. The van der Waals surface area contributed by atoms with Gasteiger partial charge in [0.25, 0.3) is 0 Å². The van der Waals surface area contributed by atoms with Crippen LogP contribution in [0.15, 0.2) is 48.5 Å². The Hall–Kier alpha value is -3.27. The summed E-state index contributed by atoms with van der Waals surface area (Å²) in [7, 11) is 0. The predicted octanol–water partition coefficient (Wildman–Crippen LogP) is 5.80. The van der Waals surface area contributed by atoms with Crippen molar-refractivity contribution in [3.05, 3.63) is 59.7 Å². The molecule has 7 nitrogen and oxygen atoms in total. The molecule has 3 amide bonds. The summed E-state index contributed by atoms with van der Waals surface area (Å²) < 4.78 is 49.7. The van der Waals surface area contributed by atoms with E-state index in [4.69, 9.17) is 9.47 Å². The lowest BCUT2D eigenvalue weighted by Gasteiger charge is -2.34. The third kappa shape index (κ3) is 5.44. The molecule has 0 spiro atoms. The van der Waals surface area contributed by atoms with Crippen LogP contribution in [0.3, 0.4) is 0 Å². The number of urea groups is 1. The van der Waals surface area contributed by atoms with Gasteiger partial charge in [0, 0.05) is 11.4 Å². The lowest BCUT2D eigenvalue weighted by Crippen LogP contribution is -2.45. The second-order valence-electron chi connectivity index (χ2n) is 9.39. The first-order valence-electron chi connectivity index (χ1n) is 10.9. The van der Waals surface area contributed by atoms with E-state index in [2.05, 4.69) is 10.6 Å². The van der Waals surface area contributed by atoms with E-state index in [9.17, 15) is 22.8 Å². The molecule has 0 radical (unpaired) electrons. The van der Waals surface area contributed by atoms with E-state index in [0.717, 1.165) is 17.7 Å². The van der Waals surface area contributed by atoms with Gasteiger partial charge in [0.2, 0.25) is 0 Å². The summed E-state index contributed by atoms with van der Waals surface area (Å²) in [6.07, 6.45) is -4.55. The number of likely N-dealkylation sites (tertiary alicyclic amines) is 1.